The van der Waals surface area contributed by atoms with E-state index in [1.165, 1.54) is 5.39 Å². The quantitative estimate of drug-likeness (QED) is 0.499. The van der Waals surface area contributed by atoms with Gasteiger partial charge in [0.05, 0.1) is 6.54 Å². The molecule has 2 N–H and O–H groups in total. The number of hydrogen-bond donors (Lipinski definition) is 2. The van der Waals surface area contributed by atoms with E-state index in [0.29, 0.717) is 17.9 Å². The molecule has 0 saturated carbocycles. The number of aromatic nitrogens is 3. The summed E-state index contributed by atoms with van der Waals surface area (Å²) in [6.07, 6.45) is 1.62. The molecule has 0 atom stereocenters. The molecule has 0 radical (unpaired) electrons. The highest BCUT2D eigenvalue weighted by Crippen LogP contribution is 2.29. The Hall–Kier alpha value is -3.12. The molecule has 0 fully saturated rings. The maximum absolute atomic E-state index is 6.13. The molecule has 5 nitrogen and oxygen atoms in total. The Morgan fingerprint density at radius 3 is 2.62 bits per heavy atom. The van der Waals surface area contributed by atoms with E-state index in [-0.39, 0.29) is 0 Å². The van der Waals surface area contributed by atoms with Crippen LogP contribution in [0.15, 0.2) is 73.1 Å². The topological polar surface area (TPSA) is 54.9 Å². The summed E-state index contributed by atoms with van der Waals surface area (Å²) in [7, 11) is 0. The van der Waals surface area contributed by atoms with E-state index in [1.54, 1.807) is 11.0 Å². The van der Waals surface area contributed by atoms with Crippen molar-refractivity contribution < 1.29 is 4.74 Å². The van der Waals surface area contributed by atoms with Gasteiger partial charge in [0.1, 0.15) is 18.7 Å². The molecule has 3 aromatic carbocycles. The Balaban J connectivity index is 1.65. The monoisotopic (exact) mass is 362 g/mol. The van der Waals surface area contributed by atoms with Crippen molar-refractivity contribution in [3.63, 3.8) is 0 Å². The predicted molar refractivity (Wildman–Crippen MR) is 105 cm³/mol. The highest BCUT2D eigenvalue weighted by molar-refractivity contribution is 7.71. The molecule has 0 spiro atoms. The van der Waals surface area contributed by atoms with E-state index >= 15 is 0 Å². The first-order valence-corrected chi connectivity index (χ1v) is 8.75. The van der Waals surface area contributed by atoms with E-state index < -0.39 is 0 Å². The van der Waals surface area contributed by atoms with Gasteiger partial charge in [-0.25, -0.2) is 4.68 Å². The molecular weight excluding hydrogens is 344 g/mol. The fourth-order valence-electron chi connectivity index (χ4n) is 2.89. The van der Waals surface area contributed by atoms with E-state index in [9.17, 15) is 0 Å². The van der Waals surface area contributed by atoms with Gasteiger partial charge in [-0.1, -0.05) is 60.7 Å². The van der Waals surface area contributed by atoms with Crippen LogP contribution in [0.2, 0.25) is 0 Å². The standard InChI is InChI=1S/C20H18N4OS/c26-20-23-21-14-24(20)22-12-18-17-9-5-4-8-16(17)10-11-19(18)25-13-15-6-2-1-3-7-15/h1-11,14,22H,12-13H2,(H,23,26). The number of rotatable bonds is 6. The molecule has 0 aliphatic carbocycles. The Morgan fingerprint density at radius 2 is 1.81 bits per heavy atom. The van der Waals surface area contributed by atoms with Gasteiger partial charge in [0.25, 0.3) is 0 Å². The van der Waals surface area contributed by atoms with Gasteiger partial charge in [-0.15, -0.1) is 0 Å². The first-order valence-electron chi connectivity index (χ1n) is 8.34. The maximum Gasteiger partial charge on any atom is 0.214 e. The van der Waals surface area contributed by atoms with Crippen molar-refractivity contribution in [2.24, 2.45) is 0 Å². The Kier molecular flexibility index (Phi) is 4.66. The summed E-state index contributed by atoms with van der Waals surface area (Å²) in [5.74, 6) is 0.857. The predicted octanol–water partition coefficient (Wildman–Crippen LogP) is 4.42. The highest BCUT2D eigenvalue weighted by Gasteiger charge is 2.10. The van der Waals surface area contributed by atoms with Crippen LogP contribution in [0.25, 0.3) is 10.8 Å². The van der Waals surface area contributed by atoms with Crippen molar-refractivity contribution in [2.45, 2.75) is 13.2 Å². The van der Waals surface area contributed by atoms with Crippen LogP contribution in [0.5, 0.6) is 5.75 Å². The van der Waals surface area contributed by atoms with Crippen molar-refractivity contribution in [3.8, 4) is 5.75 Å². The molecule has 6 heteroatoms. The van der Waals surface area contributed by atoms with Gasteiger partial charge in [-0.3, -0.25) is 5.10 Å². The third-order valence-corrected chi connectivity index (χ3v) is 4.50. The van der Waals surface area contributed by atoms with Crippen LogP contribution < -0.4 is 10.2 Å². The van der Waals surface area contributed by atoms with E-state index in [2.05, 4.69) is 46.0 Å². The van der Waals surface area contributed by atoms with Crippen molar-refractivity contribution >= 4 is 23.0 Å². The summed E-state index contributed by atoms with van der Waals surface area (Å²) in [5.41, 5.74) is 5.50. The molecule has 4 rings (SSSR count). The average Bonchev–Trinajstić information content (AvgIpc) is 3.10. The minimum atomic E-state index is 0.525. The third-order valence-electron chi connectivity index (χ3n) is 4.21. The lowest BCUT2D eigenvalue weighted by Crippen LogP contribution is -2.14. The van der Waals surface area contributed by atoms with Crippen LogP contribution in [0.3, 0.4) is 0 Å². The largest absolute Gasteiger partial charge is 0.489 e. The first kappa shape index (κ1) is 16.4. The molecule has 130 valence electrons. The van der Waals surface area contributed by atoms with Gasteiger partial charge in [-0.05, 0) is 34.6 Å². The molecule has 0 unspecified atom stereocenters. The molecule has 26 heavy (non-hydrogen) atoms. The van der Waals surface area contributed by atoms with E-state index in [1.807, 2.05) is 36.4 Å². The van der Waals surface area contributed by atoms with Crippen LogP contribution in [-0.4, -0.2) is 14.9 Å². The Morgan fingerprint density at radius 1 is 1.00 bits per heavy atom. The average molecular weight is 362 g/mol. The third kappa shape index (κ3) is 3.45. The van der Waals surface area contributed by atoms with Gasteiger partial charge in [0.2, 0.25) is 4.77 Å². The molecule has 4 aromatic rings. The minimum Gasteiger partial charge on any atom is -0.489 e. The summed E-state index contributed by atoms with van der Waals surface area (Å²) in [4.78, 5) is 0. The number of nitrogens with zero attached hydrogens (tertiary/aromatic N) is 2. The molecule has 1 heterocycles. The summed E-state index contributed by atoms with van der Waals surface area (Å²) >= 11 is 5.20. The van der Waals surface area contributed by atoms with Gasteiger partial charge in [0.15, 0.2) is 0 Å². The number of fused-ring (bicyclic) bond motifs is 1. The number of H-pyrrole nitrogens is 1. The SMILES string of the molecule is S=c1[nH]ncn1NCc1c(OCc2ccccc2)ccc2ccccc12. The number of aromatic amines is 1. The van der Waals surface area contributed by atoms with Crippen molar-refractivity contribution in [1.29, 1.82) is 0 Å². The highest BCUT2D eigenvalue weighted by atomic mass is 32.1. The lowest BCUT2D eigenvalue weighted by molar-refractivity contribution is 0.303. The normalized spacial score (nSPS) is 10.8. The van der Waals surface area contributed by atoms with Gasteiger partial charge < -0.3 is 10.2 Å². The zero-order valence-electron chi connectivity index (χ0n) is 14.1. The smallest absolute Gasteiger partial charge is 0.214 e. The second-order valence-corrected chi connectivity index (χ2v) is 6.29. The maximum atomic E-state index is 6.13. The van der Waals surface area contributed by atoms with Gasteiger partial charge >= 0.3 is 0 Å². The van der Waals surface area contributed by atoms with E-state index in [4.69, 9.17) is 17.0 Å². The molecule has 1 aromatic heterocycles. The number of hydrogen-bond acceptors (Lipinski definition) is 4. The lowest BCUT2D eigenvalue weighted by Gasteiger charge is -2.16. The first-order chi connectivity index (χ1) is 12.8. The Labute approximate surface area is 156 Å². The number of benzene rings is 3. The summed E-state index contributed by atoms with van der Waals surface area (Å²) < 4.78 is 8.35. The fraction of sp³-hybridized carbons (Fsp3) is 0.100. The van der Waals surface area contributed by atoms with Gasteiger partial charge in [0, 0.05) is 5.56 Å². The van der Waals surface area contributed by atoms with Crippen LogP contribution in [0.1, 0.15) is 11.1 Å². The van der Waals surface area contributed by atoms with Crippen molar-refractivity contribution in [1.82, 2.24) is 14.9 Å². The van der Waals surface area contributed by atoms with E-state index in [0.717, 1.165) is 22.3 Å². The Bertz CT molecular complexity index is 1070. The van der Waals surface area contributed by atoms with Crippen LogP contribution >= 0.6 is 12.2 Å². The zero-order chi connectivity index (χ0) is 17.8. The number of nitrogens with one attached hydrogen (secondary N) is 2. The minimum absolute atomic E-state index is 0.525. The molecule has 0 bridgehead atoms. The van der Waals surface area contributed by atoms with Gasteiger partial charge in [-0.2, -0.15) is 5.10 Å². The van der Waals surface area contributed by atoms with Crippen molar-refractivity contribution in [2.75, 3.05) is 5.43 Å². The fourth-order valence-corrected chi connectivity index (χ4v) is 3.06. The second kappa shape index (κ2) is 7.41. The molecule has 0 saturated heterocycles. The second-order valence-electron chi connectivity index (χ2n) is 5.90. The molecule has 0 amide bonds. The zero-order valence-corrected chi connectivity index (χ0v) is 14.9. The number of ether oxygens (including phenoxy) is 1. The van der Waals surface area contributed by atoms with Crippen molar-refractivity contribution in [3.05, 3.63) is 89.0 Å². The van der Waals surface area contributed by atoms with Crippen LogP contribution in [0.4, 0.5) is 0 Å². The van der Waals surface area contributed by atoms with Crippen LogP contribution in [0, 0.1) is 4.77 Å². The lowest BCUT2D eigenvalue weighted by atomic mass is 10.0. The molecular formula is C20H18N4OS. The summed E-state index contributed by atoms with van der Waals surface area (Å²) in [6, 6.07) is 22.5. The molecule has 0 aliphatic rings. The summed E-state index contributed by atoms with van der Waals surface area (Å²) in [6.45, 7) is 1.09. The molecule has 0 aliphatic heterocycles. The summed E-state index contributed by atoms with van der Waals surface area (Å²) in [5, 5.41) is 9.00. The van der Waals surface area contributed by atoms with Crippen LogP contribution in [-0.2, 0) is 13.2 Å².